The number of hydroxylamine groups is 1. The van der Waals surface area contributed by atoms with Gasteiger partial charge in [0.25, 0.3) is 0 Å². The topological polar surface area (TPSA) is 32.3 Å². The van der Waals surface area contributed by atoms with Gasteiger partial charge >= 0.3 is 0 Å². The van der Waals surface area contributed by atoms with E-state index < -0.39 is 0 Å². The summed E-state index contributed by atoms with van der Waals surface area (Å²) in [6, 6.07) is 4.45. The molecule has 0 radical (unpaired) electrons. The molecule has 0 saturated heterocycles. The van der Waals surface area contributed by atoms with Crippen molar-refractivity contribution in [3.63, 3.8) is 0 Å². The second-order valence-corrected chi connectivity index (χ2v) is 3.03. The van der Waals surface area contributed by atoms with E-state index in [1.54, 1.807) is 6.07 Å². The van der Waals surface area contributed by atoms with Crippen LogP contribution in [0.4, 0.5) is 4.39 Å². The predicted octanol–water partition coefficient (Wildman–Crippen LogP) is 2.07. The van der Waals surface area contributed by atoms with Gasteiger partial charge in [0.05, 0.1) is 0 Å². The van der Waals surface area contributed by atoms with Crippen molar-refractivity contribution >= 4 is 15.9 Å². The summed E-state index contributed by atoms with van der Waals surface area (Å²) in [5.74, 6) is -0.315. The fourth-order valence-electron chi connectivity index (χ4n) is 0.804. The van der Waals surface area contributed by atoms with Gasteiger partial charge in [0, 0.05) is 11.0 Å². The molecule has 0 aliphatic heterocycles. The largest absolute Gasteiger partial charge is 0.316 e. The highest BCUT2D eigenvalue weighted by Gasteiger charge is 1.97. The molecule has 0 atom stereocenters. The molecule has 0 fully saturated rings. The maximum Gasteiger partial charge on any atom is 0.124 e. The zero-order valence-corrected chi connectivity index (χ0v) is 7.23. The lowest BCUT2D eigenvalue weighted by Crippen LogP contribution is -2.06. The van der Waals surface area contributed by atoms with Crippen LogP contribution in [0.15, 0.2) is 22.7 Å². The second-order valence-electron chi connectivity index (χ2n) is 2.11. The van der Waals surface area contributed by atoms with Crippen LogP contribution in [0, 0.1) is 5.82 Å². The molecule has 0 aliphatic carbocycles. The molecular formula is C7H7BrFNO. The average molecular weight is 220 g/mol. The third-order valence-corrected chi connectivity index (χ3v) is 1.66. The van der Waals surface area contributed by atoms with Crippen molar-refractivity contribution in [1.82, 2.24) is 5.48 Å². The van der Waals surface area contributed by atoms with Crippen LogP contribution in [0.25, 0.3) is 0 Å². The van der Waals surface area contributed by atoms with Crippen molar-refractivity contribution in [2.45, 2.75) is 6.54 Å². The first-order chi connectivity index (χ1) is 5.22. The molecule has 11 heavy (non-hydrogen) atoms. The Hall–Kier alpha value is -0.450. The number of halogens is 2. The molecule has 2 nitrogen and oxygen atoms in total. The lowest BCUT2D eigenvalue weighted by atomic mass is 10.2. The van der Waals surface area contributed by atoms with Crippen molar-refractivity contribution in [2.24, 2.45) is 0 Å². The normalized spacial score (nSPS) is 10.1. The number of hydrogen-bond donors (Lipinski definition) is 2. The molecule has 0 saturated carbocycles. The summed E-state index contributed by atoms with van der Waals surface area (Å²) in [6.07, 6.45) is 0. The maximum atomic E-state index is 12.6. The van der Waals surface area contributed by atoms with Gasteiger partial charge in [-0.05, 0) is 23.8 Å². The van der Waals surface area contributed by atoms with Gasteiger partial charge < -0.3 is 5.21 Å². The van der Waals surface area contributed by atoms with Gasteiger partial charge in [0.15, 0.2) is 0 Å². The quantitative estimate of drug-likeness (QED) is 0.747. The molecule has 1 aromatic rings. The third kappa shape index (κ3) is 2.57. The molecule has 0 unspecified atom stereocenters. The molecule has 1 rings (SSSR count). The van der Waals surface area contributed by atoms with Gasteiger partial charge in [-0.3, -0.25) is 0 Å². The van der Waals surface area contributed by atoms with Gasteiger partial charge in [0.2, 0.25) is 0 Å². The minimum atomic E-state index is -0.315. The van der Waals surface area contributed by atoms with E-state index in [1.807, 2.05) is 5.48 Å². The fourth-order valence-corrected chi connectivity index (χ4v) is 1.32. The van der Waals surface area contributed by atoms with Crippen LogP contribution >= 0.6 is 15.9 Å². The van der Waals surface area contributed by atoms with Gasteiger partial charge in [-0.1, -0.05) is 15.9 Å². The van der Waals surface area contributed by atoms with E-state index in [0.717, 1.165) is 0 Å². The Balaban J connectivity index is 2.89. The van der Waals surface area contributed by atoms with Crippen molar-refractivity contribution in [2.75, 3.05) is 0 Å². The summed E-state index contributed by atoms with van der Waals surface area (Å²) in [5.41, 5.74) is 2.64. The van der Waals surface area contributed by atoms with E-state index >= 15 is 0 Å². The summed E-state index contributed by atoms with van der Waals surface area (Å²) in [5, 5.41) is 8.31. The molecule has 0 aliphatic rings. The molecule has 1 aromatic carbocycles. The Bertz CT molecular complexity index is 234. The molecule has 0 aromatic heterocycles. The summed E-state index contributed by atoms with van der Waals surface area (Å²) in [6.45, 7) is 0.246. The Morgan fingerprint density at radius 1 is 1.45 bits per heavy atom. The second kappa shape index (κ2) is 3.80. The molecule has 60 valence electrons. The van der Waals surface area contributed by atoms with Gasteiger partial charge in [-0.25, -0.2) is 9.87 Å². The minimum Gasteiger partial charge on any atom is -0.316 e. The lowest BCUT2D eigenvalue weighted by molar-refractivity contribution is 0.161. The summed E-state index contributed by atoms with van der Waals surface area (Å²) >= 11 is 3.13. The molecule has 2 N–H and O–H groups in total. The van der Waals surface area contributed by atoms with Crippen LogP contribution in [-0.4, -0.2) is 5.21 Å². The van der Waals surface area contributed by atoms with Crippen molar-refractivity contribution < 1.29 is 9.60 Å². The first-order valence-electron chi connectivity index (χ1n) is 3.04. The number of benzene rings is 1. The van der Waals surface area contributed by atoms with E-state index in [0.29, 0.717) is 10.0 Å². The van der Waals surface area contributed by atoms with E-state index in [1.165, 1.54) is 12.1 Å². The molecule has 0 heterocycles. The fraction of sp³-hybridized carbons (Fsp3) is 0.143. The molecular weight excluding hydrogens is 213 g/mol. The Labute approximate surface area is 72.1 Å². The van der Waals surface area contributed by atoms with Crippen LogP contribution in [0.1, 0.15) is 5.56 Å². The number of rotatable bonds is 2. The molecule has 0 spiro atoms. The smallest absolute Gasteiger partial charge is 0.124 e. The highest BCUT2D eigenvalue weighted by atomic mass is 79.9. The summed E-state index contributed by atoms with van der Waals surface area (Å²) in [4.78, 5) is 0. The van der Waals surface area contributed by atoms with E-state index in [9.17, 15) is 4.39 Å². The Morgan fingerprint density at radius 3 is 2.73 bits per heavy atom. The van der Waals surface area contributed by atoms with Crippen LogP contribution in [-0.2, 0) is 6.54 Å². The van der Waals surface area contributed by atoms with E-state index in [2.05, 4.69) is 15.9 Å². The molecule has 0 amide bonds. The van der Waals surface area contributed by atoms with Crippen LogP contribution in [0.2, 0.25) is 0 Å². The zero-order valence-electron chi connectivity index (χ0n) is 5.64. The van der Waals surface area contributed by atoms with Crippen molar-refractivity contribution in [1.29, 1.82) is 0 Å². The summed E-state index contributed by atoms with van der Waals surface area (Å²) < 4.78 is 13.3. The SMILES string of the molecule is ONCc1cc(F)cc(Br)c1. The maximum absolute atomic E-state index is 12.6. The van der Waals surface area contributed by atoms with Gasteiger partial charge in [0.1, 0.15) is 5.82 Å². The number of nitrogens with one attached hydrogen (secondary N) is 1. The zero-order chi connectivity index (χ0) is 8.27. The third-order valence-electron chi connectivity index (χ3n) is 1.21. The van der Waals surface area contributed by atoms with E-state index in [-0.39, 0.29) is 12.4 Å². The van der Waals surface area contributed by atoms with Crippen LogP contribution in [0.3, 0.4) is 0 Å². The van der Waals surface area contributed by atoms with E-state index in [4.69, 9.17) is 5.21 Å². The average Bonchev–Trinajstić information content (AvgIpc) is 1.85. The first kappa shape index (κ1) is 8.64. The molecule has 0 bridgehead atoms. The first-order valence-corrected chi connectivity index (χ1v) is 3.83. The van der Waals surface area contributed by atoms with Crippen LogP contribution in [0.5, 0.6) is 0 Å². The molecule has 4 heteroatoms. The Morgan fingerprint density at radius 2 is 2.18 bits per heavy atom. The van der Waals surface area contributed by atoms with Crippen LogP contribution < -0.4 is 5.48 Å². The monoisotopic (exact) mass is 219 g/mol. The van der Waals surface area contributed by atoms with Crippen molar-refractivity contribution in [3.8, 4) is 0 Å². The minimum absolute atomic E-state index is 0.246. The highest BCUT2D eigenvalue weighted by molar-refractivity contribution is 9.10. The lowest BCUT2D eigenvalue weighted by Gasteiger charge is -1.99. The standard InChI is InChI=1S/C7H7BrFNO/c8-6-1-5(4-10-11)2-7(9)3-6/h1-3,10-11H,4H2. The van der Waals surface area contributed by atoms with Gasteiger partial charge in [-0.2, -0.15) is 0 Å². The Kier molecular flexibility index (Phi) is 2.99. The highest BCUT2D eigenvalue weighted by Crippen LogP contribution is 2.14. The number of hydrogen-bond acceptors (Lipinski definition) is 2. The predicted molar refractivity (Wildman–Crippen MR) is 42.7 cm³/mol. The van der Waals surface area contributed by atoms with Gasteiger partial charge in [-0.15, -0.1) is 0 Å². The van der Waals surface area contributed by atoms with Crippen molar-refractivity contribution in [3.05, 3.63) is 34.1 Å². The summed E-state index contributed by atoms with van der Waals surface area (Å²) in [7, 11) is 0.